The highest BCUT2D eigenvalue weighted by molar-refractivity contribution is 7.59. The van der Waals surface area contributed by atoms with Crippen molar-refractivity contribution in [2.24, 2.45) is 0 Å². The van der Waals surface area contributed by atoms with E-state index in [0.29, 0.717) is 0 Å². The van der Waals surface area contributed by atoms with E-state index in [1.54, 1.807) is 12.1 Å². The summed E-state index contributed by atoms with van der Waals surface area (Å²) in [6, 6.07) is 9.07. The Morgan fingerprint density at radius 2 is 1.74 bits per heavy atom. The summed E-state index contributed by atoms with van der Waals surface area (Å²) in [5.41, 5.74) is 0.725. The minimum Gasteiger partial charge on any atom is -0.465 e. The first-order valence-corrected chi connectivity index (χ1v) is 6.94. The van der Waals surface area contributed by atoms with E-state index < -0.39 is 13.6 Å². The number of methoxy groups -OCH3 is 1. The Bertz CT molecular complexity index is 492. The Morgan fingerprint density at radius 3 is 2.21 bits per heavy atom. The van der Waals surface area contributed by atoms with Crippen LogP contribution in [0.5, 0.6) is 0 Å². The number of nitrogens with one attached hydrogen (secondary N) is 1. The van der Waals surface area contributed by atoms with Gasteiger partial charge in [-0.15, -0.1) is 0 Å². The van der Waals surface area contributed by atoms with E-state index in [4.69, 9.17) is 9.05 Å². The van der Waals surface area contributed by atoms with Crippen LogP contribution < -0.4 is 5.32 Å². The van der Waals surface area contributed by atoms with Crippen molar-refractivity contribution < 1.29 is 23.1 Å². The molecule has 0 atom stereocenters. The van der Waals surface area contributed by atoms with Gasteiger partial charge in [-0.25, -0.2) is 4.79 Å². The monoisotopic (exact) mass is 285 g/mol. The molecule has 1 aromatic carbocycles. The lowest BCUT2D eigenvalue weighted by molar-refractivity contribution is -0.135. The summed E-state index contributed by atoms with van der Waals surface area (Å²) in [5.74, 6) is -0.782. The van der Waals surface area contributed by atoms with Gasteiger partial charge in [-0.3, -0.25) is 4.57 Å². The SMILES string of the molecule is COC(=O)/C(=C\Nc1ccccc1)P(=O)(OC)OC. The lowest BCUT2D eigenvalue weighted by atomic mass is 10.3. The molecule has 19 heavy (non-hydrogen) atoms. The summed E-state index contributed by atoms with van der Waals surface area (Å²) in [7, 11) is -0.0920. The van der Waals surface area contributed by atoms with Crippen molar-refractivity contribution in [1.82, 2.24) is 0 Å². The highest BCUT2D eigenvalue weighted by atomic mass is 31.2. The fourth-order valence-corrected chi connectivity index (χ4v) is 2.39. The molecule has 0 fully saturated rings. The average Bonchev–Trinajstić information content (AvgIpc) is 2.47. The van der Waals surface area contributed by atoms with E-state index in [1.807, 2.05) is 18.2 Å². The third kappa shape index (κ3) is 3.92. The van der Waals surface area contributed by atoms with Gasteiger partial charge in [0.05, 0.1) is 7.11 Å². The van der Waals surface area contributed by atoms with Gasteiger partial charge in [-0.2, -0.15) is 0 Å². The molecule has 0 spiro atoms. The maximum Gasteiger partial charge on any atom is 0.369 e. The standard InChI is InChI=1S/C12H16NO5P/c1-16-12(14)11(19(15,17-2)18-3)9-13-10-7-5-4-6-8-10/h4-9,13H,1-3H3/b11-9+. The van der Waals surface area contributed by atoms with Crippen molar-refractivity contribution in [2.75, 3.05) is 26.6 Å². The summed E-state index contributed by atoms with van der Waals surface area (Å²) < 4.78 is 26.4. The van der Waals surface area contributed by atoms with Gasteiger partial charge in [0.2, 0.25) is 0 Å². The number of anilines is 1. The fourth-order valence-electron chi connectivity index (χ4n) is 1.31. The molecule has 0 saturated carbocycles. The third-order valence-electron chi connectivity index (χ3n) is 2.32. The molecule has 0 aliphatic carbocycles. The van der Waals surface area contributed by atoms with Crippen molar-refractivity contribution in [3.8, 4) is 0 Å². The second kappa shape index (κ2) is 7.09. The Balaban J connectivity index is 3.04. The predicted octanol–water partition coefficient (Wildman–Crippen LogP) is 2.60. The summed E-state index contributed by atoms with van der Waals surface area (Å²) in [6.45, 7) is 0. The van der Waals surface area contributed by atoms with Crippen LogP contribution in [0.25, 0.3) is 0 Å². The number of rotatable bonds is 6. The molecule has 0 radical (unpaired) electrons. The number of carbonyl (C=O) groups is 1. The van der Waals surface area contributed by atoms with Crippen molar-refractivity contribution in [3.63, 3.8) is 0 Å². The Labute approximate surface area is 111 Å². The number of hydrogen-bond acceptors (Lipinski definition) is 6. The first-order valence-electron chi connectivity index (χ1n) is 5.39. The van der Waals surface area contributed by atoms with Crippen LogP contribution in [0.3, 0.4) is 0 Å². The molecule has 0 aliphatic rings. The van der Waals surface area contributed by atoms with Crippen LogP contribution in [0.1, 0.15) is 0 Å². The molecular formula is C12H16NO5P. The van der Waals surface area contributed by atoms with E-state index in [0.717, 1.165) is 5.69 Å². The summed E-state index contributed by atoms with van der Waals surface area (Å²) in [6.07, 6.45) is 1.26. The third-order valence-corrected chi connectivity index (χ3v) is 4.18. The van der Waals surface area contributed by atoms with Gasteiger partial charge in [0.25, 0.3) is 0 Å². The molecule has 1 N–H and O–H groups in total. The van der Waals surface area contributed by atoms with Crippen LogP contribution in [-0.2, 0) is 23.1 Å². The van der Waals surface area contributed by atoms with E-state index in [2.05, 4.69) is 10.1 Å². The van der Waals surface area contributed by atoms with Crippen molar-refractivity contribution in [1.29, 1.82) is 0 Å². The quantitative estimate of drug-likeness (QED) is 0.492. The summed E-state index contributed by atoms with van der Waals surface area (Å²) >= 11 is 0. The topological polar surface area (TPSA) is 73.9 Å². The van der Waals surface area contributed by atoms with Gasteiger partial charge in [-0.1, -0.05) is 18.2 Å². The van der Waals surface area contributed by atoms with Crippen LogP contribution in [0, 0.1) is 0 Å². The van der Waals surface area contributed by atoms with Crippen molar-refractivity contribution in [2.45, 2.75) is 0 Å². The van der Waals surface area contributed by atoms with Gasteiger partial charge < -0.3 is 19.1 Å². The van der Waals surface area contributed by atoms with Gasteiger partial charge in [0, 0.05) is 26.1 Å². The highest BCUT2D eigenvalue weighted by Gasteiger charge is 2.34. The molecule has 0 bridgehead atoms. The Hall–Kier alpha value is -1.62. The fraction of sp³-hybridized carbons (Fsp3) is 0.250. The molecule has 104 valence electrons. The average molecular weight is 285 g/mol. The number of benzene rings is 1. The van der Waals surface area contributed by atoms with E-state index in [-0.39, 0.29) is 5.31 Å². The zero-order valence-electron chi connectivity index (χ0n) is 11.0. The predicted molar refractivity (Wildman–Crippen MR) is 71.8 cm³/mol. The van der Waals surface area contributed by atoms with Crippen LogP contribution >= 0.6 is 7.60 Å². The molecular weight excluding hydrogens is 269 g/mol. The smallest absolute Gasteiger partial charge is 0.369 e. The first kappa shape index (κ1) is 15.4. The number of ether oxygens (including phenoxy) is 1. The van der Waals surface area contributed by atoms with Gasteiger partial charge >= 0.3 is 13.6 Å². The van der Waals surface area contributed by atoms with Crippen LogP contribution in [0.4, 0.5) is 5.69 Å². The van der Waals surface area contributed by atoms with Gasteiger partial charge in [0.1, 0.15) is 0 Å². The normalized spacial score (nSPS) is 12.1. The minimum absolute atomic E-state index is 0.205. The lowest BCUT2D eigenvalue weighted by Gasteiger charge is -2.15. The number of hydrogen-bond donors (Lipinski definition) is 1. The maximum atomic E-state index is 12.2. The van der Waals surface area contributed by atoms with Crippen molar-refractivity contribution in [3.05, 3.63) is 41.8 Å². The molecule has 0 aliphatic heterocycles. The van der Waals surface area contributed by atoms with E-state index >= 15 is 0 Å². The molecule has 6 nitrogen and oxygen atoms in total. The van der Waals surface area contributed by atoms with Gasteiger partial charge in [0.15, 0.2) is 5.31 Å². The molecule has 7 heteroatoms. The largest absolute Gasteiger partial charge is 0.465 e. The molecule has 0 amide bonds. The number of carbonyl (C=O) groups excluding carboxylic acids is 1. The molecule has 0 saturated heterocycles. The maximum absolute atomic E-state index is 12.2. The summed E-state index contributed by atoms with van der Waals surface area (Å²) in [5, 5.41) is 2.63. The number of para-hydroxylation sites is 1. The van der Waals surface area contributed by atoms with Crippen LogP contribution in [0.15, 0.2) is 41.8 Å². The Kier molecular flexibility index (Phi) is 5.76. The molecule has 0 heterocycles. The van der Waals surface area contributed by atoms with E-state index in [1.165, 1.54) is 27.5 Å². The second-order valence-corrected chi connectivity index (χ2v) is 5.60. The van der Waals surface area contributed by atoms with Crippen LogP contribution in [-0.4, -0.2) is 27.3 Å². The molecule has 0 aromatic heterocycles. The Morgan fingerprint density at radius 1 is 1.16 bits per heavy atom. The molecule has 0 unspecified atom stereocenters. The van der Waals surface area contributed by atoms with Crippen LogP contribution in [0.2, 0.25) is 0 Å². The lowest BCUT2D eigenvalue weighted by Crippen LogP contribution is -2.09. The zero-order chi connectivity index (χ0) is 14.3. The first-order chi connectivity index (χ1) is 9.07. The summed E-state index contributed by atoms with van der Waals surface area (Å²) in [4.78, 5) is 11.6. The second-order valence-electron chi connectivity index (χ2n) is 3.39. The zero-order valence-corrected chi connectivity index (χ0v) is 11.8. The highest BCUT2D eigenvalue weighted by Crippen LogP contribution is 2.54. The van der Waals surface area contributed by atoms with Gasteiger partial charge in [-0.05, 0) is 12.1 Å². The van der Waals surface area contributed by atoms with Crippen molar-refractivity contribution >= 4 is 19.3 Å². The minimum atomic E-state index is -3.68. The number of esters is 1. The molecule has 1 aromatic rings. The molecule has 1 rings (SSSR count). The van der Waals surface area contributed by atoms with E-state index in [9.17, 15) is 9.36 Å².